The van der Waals surface area contributed by atoms with Crippen LogP contribution in [-0.4, -0.2) is 17.1 Å². The van der Waals surface area contributed by atoms with E-state index in [0.29, 0.717) is 0 Å². The zero-order valence-electron chi connectivity index (χ0n) is 11.6. The van der Waals surface area contributed by atoms with Crippen molar-refractivity contribution in [2.24, 2.45) is 0 Å². The van der Waals surface area contributed by atoms with E-state index >= 15 is 0 Å². The van der Waals surface area contributed by atoms with E-state index in [1.54, 1.807) is 13.4 Å². The molecule has 0 N–H and O–H groups in total. The molecule has 1 heterocycles. The summed E-state index contributed by atoms with van der Waals surface area (Å²) in [6, 6.07) is 14.3. The predicted molar refractivity (Wildman–Crippen MR) is 80.9 cm³/mol. The van der Waals surface area contributed by atoms with Crippen LogP contribution < -0.4 is 4.74 Å². The Kier molecular flexibility index (Phi) is 3.33. The van der Waals surface area contributed by atoms with E-state index in [1.807, 2.05) is 24.3 Å². The number of fused-ring (bicyclic) bond motifs is 1. The van der Waals surface area contributed by atoms with Gasteiger partial charge in [0, 0.05) is 17.0 Å². The number of ether oxygens (including phenoxy) is 1. The fraction of sp³-hybridized carbons (Fsp3) is 0.176. The summed E-state index contributed by atoms with van der Waals surface area (Å²) in [6.45, 7) is 2.11. The van der Waals surface area contributed by atoms with Gasteiger partial charge in [-0.3, -0.25) is 0 Å². The van der Waals surface area contributed by atoms with Gasteiger partial charge in [0.2, 0.25) is 0 Å². The highest BCUT2D eigenvalue weighted by atomic mass is 16.5. The molecule has 0 spiro atoms. The van der Waals surface area contributed by atoms with Crippen LogP contribution in [0.15, 0.2) is 48.8 Å². The van der Waals surface area contributed by atoms with Crippen LogP contribution in [0.1, 0.15) is 12.6 Å². The number of methoxy groups -OCH3 is 1. The molecular formula is C17H16N2O. The number of benzene rings is 2. The summed E-state index contributed by atoms with van der Waals surface area (Å²) in [5.41, 5.74) is 4.20. The van der Waals surface area contributed by atoms with E-state index in [4.69, 9.17) is 4.74 Å². The van der Waals surface area contributed by atoms with Crippen LogP contribution >= 0.6 is 0 Å². The van der Waals surface area contributed by atoms with E-state index in [-0.39, 0.29) is 0 Å². The lowest BCUT2D eigenvalue weighted by molar-refractivity contribution is 0.417. The SMILES string of the molecule is CCc1ncnc2cc(OC)c(-c3ccccc3)cc12. The molecule has 0 amide bonds. The quantitative estimate of drug-likeness (QED) is 0.720. The minimum Gasteiger partial charge on any atom is -0.496 e. The number of aromatic nitrogens is 2. The van der Waals surface area contributed by atoms with Crippen LogP contribution in [0.5, 0.6) is 5.75 Å². The third kappa shape index (κ3) is 2.11. The maximum atomic E-state index is 5.52. The van der Waals surface area contributed by atoms with Crippen LogP contribution in [0.2, 0.25) is 0 Å². The van der Waals surface area contributed by atoms with Crippen molar-refractivity contribution in [2.75, 3.05) is 7.11 Å². The summed E-state index contributed by atoms with van der Waals surface area (Å²) in [5.74, 6) is 0.837. The second kappa shape index (κ2) is 5.29. The van der Waals surface area contributed by atoms with Gasteiger partial charge in [-0.2, -0.15) is 0 Å². The summed E-state index contributed by atoms with van der Waals surface area (Å²) in [5, 5.41) is 1.09. The second-order valence-electron chi connectivity index (χ2n) is 4.61. The van der Waals surface area contributed by atoms with E-state index in [0.717, 1.165) is 39.9 Å². The molecule has 0 saturated heterocycles. The molecule has 0 bridgehead atoms. The molecular weight excluding hydrogens is 248 g/mol. The first-order valence-electron chi connectivity index (χ1n) is 6.70. The maximum Gasteiger partial charge on any atom is 0.128 e. The second-order valence-corrected chi connectivity index (χ2v) is 4.61. The van der Waals surface area contributed by atoms with Gasteiger partial charge >= 0.3 is 0 Å². The Morgan fingerprint density at radius 3 is 2.55 bits per heavy atom. The zero-order valence-corrected chi connectivity index (χ0v) is 11.6. The Hall–Kier alpha value is -2.42. The number of rotatable bonds is 3. The molecule has 3 nitrogen and oxygen atoms in total. The van der Waals surface area contributed by atoms with Crippen molar-refractivity contribution < 1.29 is 4.74 Å². The monoisotopic (exact) mass is 264 g/mol. The lowest BCUT2D eigenvalue weighted by atomic mass is 10.0. The fourth-order valence-electron chi connectivity index (χ4n) is 2.43. The first-order valence-corrected chi connectivity index (χ1v) is 6.70. The van der Waals surface area contributed by atoms with Crippen LogP contribution in [0.4, 0.5) is 0 Å². The molecule has 3 heteroatoms. The smallest absolute Gasteiger partial charge is 0.128 e. The Labute approximate surface area is 118 Å². The number of hydrogen-bond acceptors (Lipinski definition) is 3. The maximum absolute atomic E-state index is 5.52. The minimum absolute atomic E-state index is 0.837. The van der Waals surface area contributed by atoms with Gasteiger partial charge in [-0.15, -0.1) is 0 Å². The van der Waals surface area contributed by atoms with Gasteiger partial charge in [0.15, 0.2) is 0 Å². The standard InChI is InChI=1S/C17H16N2O/c1-3-15-14-9-13(12-7-5-4-6-8-12)17(20-2)10-16(14)19-11-18-15/h4-11H,3H2,1-2H3. The molecule has 0 aliphatic rings. The van der Waals surface area contributed by atoms with Crippen molar-refractivity contribution >= 4 is 10.9 Å². The molecule has 0 aliphatic carbocycles. The van der Waals surface area contributed by atoms with E-state index in [2.05, 4.69) is 35.1 Å². The van der Waals surface area contributed by atoms with Crippen LogP contribution in [0.3, 0.4) is 0 Å². The van der Waals surface area contributed by atoms with E-state index < -0.39 is 0 Å². The summed E-state index contributed by atoms with van der Waals surface area (Å²) in [7, 11) is 1.69. The molecule has 100 valence electrons. The van der Waals surface area contributed by atoms with Gasteiger partial charge in [0.05, 0.1) is 18.3 Å². The molecule has 2 aromatic carbocycles. The fourth-order valence-corrected chi connectivity index (χ4v) is 2.43. The van der Waals surface area contributed by atoms with Crippen molar-refractivity contribution in [3.8, 4) is 16.9 Å². The van der Waals surface area contributed by atoms with Crippen molar-refractivity contribution in [2.45, 2.75) is 13.3 Å². The van der Waals surface area contributed by atoms with Crippen LogP contribution in [-0.2, 0) is 6.42 Å². The summed E-state index contributed by atoms with van der Waals surface area (Å²) in [6.07, 6.45) is 2.50. The lowest BCUT2D eigenvalue weighted by Crippen LogP contribution is -1.95. The van der Waals surface area contributed by atoms with Crippen LogP contribution in [0, 0.1) is 0 Å². The molecule has 0 aliphatic heterocycles. The number of nitrogens with zero attached hydrogens (tertiary/aromatic N) is 2. The van der Waals surface area contributed by atoms with Crippen molar-refractivity contribution in [1.29, 1.82) is 0 Å². The van der Waals surface area contributed by atoms with Crippen molar-refractivity contribution in [3.05, 3.63) is 54.5 Å². The first-order chi connectivity index (χ1) is 9.83. The average Bonchev–Trinajstić information content (AvgIpc) is 2.53. The molecule has 3 rings (SSSR count). The largest absolute Gasteiger partial charge is 0.496 e. The van der Waals surface area contributed by atoms with Crippen LogP contribution in [0.25, 0.3) is 22.0 Å². The molecule has 0 saturated carbocycles. The summed E-state index contributed by atoms with van der Waals surface area (Å²) >= 11 is 0. The number of aryl methyl sites for hydroxylation is 1. The van der Waals surface area contributed by atoms with Gasteiger partial charge in [0.1, 0.15) is 12.1 Å². The van der Waals surface area contributed by atoms with E-state index in [9.17, 15) is 0 Å². The normalized spacial score (nSPS) is 10.7. The highest BCUT2D eigenvalue weighted by Crippen LogP contribution is 2.34. The van der Waals surface area contributed by atoms with Crippen molar-refractivity contribution in [1.82, 2.24) is 9.97 Å². The lowest BCUT2D eigenvalue weighted by Gasteiger charge is -2.11. The Bertz CT molecular complexity index is 739. The first kappa shape index (κ1) is 12.6. The molecule has 0 fully saturated rings. The van der Waals surface area contributed by atoms with Gasteiger partial charge in [0.25, 0.3) is 0 Å². The average molecular weight is 264 g/mol. The summed E-state index contributed by atoms with van der Waals surface area (Å²) < 4.78 is 5.52. The van der Waals surface area contributed by atoms with Gasteiger partial charge in [-0.05, 0) is 18.1 Å². The van der Waals surface area contributed by atoms with Crippen molar-refractivity contribution in [3.63, 3.8) is 0 Å². The topological polar surface area (TPSA) is 35.0 Å². The highest BCUT2D eigenvalue weighted by Gasteiger charge is 2.10. The third-order valence-electron chi connectivity index (χ3n) is 3.46. The predicted octanol–water partition coefficient (Wildman–Crippen LogP) is 3.87. The molecule has 0 unspecified atom stereocenters. The Morgan fingerprint density at radius 2 is 1.85 bits per heavy atom. The molecule has 0 atom stereocenters. The molecule has 20 heavy (non-hydrogen) atoms. The van der Waals surface area contributed by atoms with Gasteiger partial charge in [-0.1, -0.05) is 37.3 Å². The minimum atomic E-state index is 0.837. The molecule has 3 aromatic rings. The third-order valence-corrected chi connectivity index (χ3v) is 3.46. The van der Waals surface area contributed by atoms with Gasteiger partial charge in [-0.25, -0.2) is 9.97 Å². The Balaban J connectivity index is 2.30. The molecule has 1 aromatic heterocycles. The van der Waals surface area contributed by atoms with E-state index in [1.165, 1.54) is 0 Å². The summed E-state index contributed by atoms with van der Waals surface area (Å²) in [4.78, 5) is 8.71. The van der Waals surface area contributed by atoms with Gasteiger partial charge < -0.3 is 4.74 Å². The Morgan fingerprint density at radius 1 is 1.05 bits per heavy atom. The molecule has 0 radical (unpaired) electrons. The zero-order chi connectivity index (χ0) is 13.9. The highest BCUT2D eigenvalue weighted by molar-refractivity contribution is 5.89. The number of hydrogen-bond donors (Lipinski definition) is 0.